The first-order valence-electron chi connectivity index (χ1n) is 7.59. The van der Waals surface area contributed by atoms with E-state index in [1.54, 1.807) is 25.3 Å². The second-order valence-corrected chi connectivity index (χ2v) is 5.77. The summed E-state index contributed by atoms with van der Waals surface area (Å²) in [5.74, 6) is 0.635. The lowest BCUT2D eigenvalue weighted by Crippen LogP contribution is -2.46. The Labute approximate surface area is 131 Å². The number of nitrogens with zero attached hydrogens (tertiary/aromatic N) is 1. The average Bonchev–Trinajstić information content (AvgIpc) is 2.46. The highest BCUT2D eigenvalue weighted by molar-refractivity contribution is 5.94. The van der Waals surface area contributed by atoms with Crippen LogP contribution in [0.5, 0.6) is 5.75 Å². The zero-order chi connectivity index (χ0) is 16.1. The monoisotopic (exact) mass is 307 g/mol. The number of anilines is 2. The number of carbonyl (C=O) groups excluding carboxylic acids is 1. The van der Waals surface area contributed by atoms with E-state index in [4.69, 9.17) is 15.2 Å². The van der Waals surface area contributed by atoms with Gasteiger partial charge in [0, 0.05) is 32.1 Å². The Bertz CT molecular complexity index is 511. The fraction of sp³-hybridized carbons (Fsp3) is 0.562. The van der Waals surface area contributed by atoms with Crippen LogP contribution in [0.2, 0.25) is 0 Å². The molecule has 1 amide bonds. The van der Waals surface area contributed by atoms with Gasteiger partial charge in [0.1, 0.15) is 5.75 Å². The van der Waals surface area contributed by atoms with Gasteiger partial charge in [-0.1, -0.05) is 0 Å². The Morgan fingerprint density at radius 2 is 2.09 bits per heavy atom. The van der Waals surface area contributed by atoms with Crippen LogP contribution < -0.4 is 15.8 Å². The van der Waals surface area contributed by atoms with E-state index in [9.17, 15) is 4.79 Å². The Hall–Kier alpha value is -1.79. The first-order chi connectivity index (χ1) is 10.5. The van der Waals surface area contributed by atoms with Crippen LogP contribution in [0.3, 0.4) is 0 Å². The molecule has 1 aliphatic rings. The van der Waals surface area contributed by atoms with Gasteiger partial charge in [-0.2, -0.15) is 0 Å². The third kappa shape index (κ3) is 4.61. The molecular weight excluding hydrogens is 282 g/mol. The predicted molar refractivity (Wildman–Crippen MR) is 87.1 cm³/mol. The minimum absolute atomic E-state index is 0.0383. The minimum Gasteiger partial charge on any atom is -0.497 e. The third-order valence-electron chi connectivity index (χ3n) is 3.68. The van der Waals surface area contributed by atoms with Crippen molar-refractivity contribution in [1.29, 1.82) is 0 Å². The molecule has 0 saturated carbocycles. The first-order valence-corrected chi connectivity index (χ1v) is 7.59. The number of methoxy groups -OCH3 is 1. The fourth-order valence-corrected chi connectivity index (χ4v) is 2.72. The summed E-state index contributed by atoms with van der Waals surface area (Å²) < 4.78 is 10.8. The lowest BCUT2D eigenvalue weighted by molar-refractivity contribution is -0.117. The molecule has 0 spiro atoms. The van der Waals surface area contributed by atoms with E-state index in [-0.39, 0.29) is 18.1 Å². The maximum absolute atomic E-state index is 12.1. The minimum atomic E-state index is -0.0383. The van der Waals surface area contributed by atoms with E-state index in [0.29, 0.717) is 23.5 Å². The lowest BCUT2D eigenvalue weighted by atomic mass is 10.2. The molecule has 3 N–H and O–H groups in total. The average molecular weight is 307 g/mol. The smallest absolute Gasteiger partial charge is 0.225 e. The summed E-state index contributed by atoms with van der Waals surface area (Å²) in [7, 11) is 1.58. The molecule has 1 aliphatic heterocycles. The summed E-state index contributed by atoms with van der Waals surface area (Å²) in [5.41, 5.74) is 7.02. The fourth-order valence-electron chi connectivity index (χ4n) is 2.72. The zero-order valence-electron chi connectivity index (χ0n) is 13.5. The highest BCUT2D eigenvalue weighted by Gasteiger charge is 2.22. The second kappa shape index (κ2) is 7.47. The quantitative estimate of drug-likeness (QED) is 0.810. The van der Waals surface area contributed by atoms with Crippen molar-refractivity contribution in [2.24, 2.45) is 0 Å². The van der Waals surface area contributed by atoms with Gasteiger partial charge in [-0.05, 0) is 26.0 Å². The molecule has 2 rings (SSSR count). The lowest BCUT2D eigenvalue weighted by Gasteiger charge is -2.35. The summed E-state index contributed by atoms with van der Waals surface area (Å²) in [4.78, 5) is 14.3. The van der Waals surface area contributed by atoms with Crippen molar-refractivity contribution in [2.75, 3.05) is 37.8 Å². The molecule has 1 saturated heterocycles. The highest BCUT2D eigenvalue weighted by Crippen LogP contribution is 2.24. The van der Waals surface area contributed by atoms with Gasteiger partial charge in [0.15, 0.2) is 0 Å². The number of rotatable bonds is 5. The summed E-state index contributed by atoms with van der Waals surface area (Å²) in [6, 6.07) is 5.23. The maximum Gasteiger partial charge on any atom is 0.225 e. The Morgan fingerprint density at radius 3 is 2.68 bits per heavy atom. The van der Waals surface area contributed by atoms with E-state index in [0.717, 1.165) is 19.6 Å². The maximum atomic E-state index is 12.1. The molecule has 2 atom stereocenters. The number of hydrogen-bond acceptors (Lipinski definition) is 5. The van der Waals surface area contributed by atoms with Crippen LogP contribution in [-0.4, -0.2) is 49.8 Å². The third-order valence-corrected chi connectivity index (χ3v) is 3.68. The number of morpholine rings is 1. The largest absolute Gasteiger partial charge is 0.497 e. The number of hydrogen-bond donors (Lipinski definition) is 2. The van der Waals surface area contributed by atoms with Gasteiger partial charge in [-0.3, -0.25) is 9.69 Å². The van der Waals surface area contributed by atoms with Crippen molar-refractivity contribution >= 4 is 17.3 Å². The van der Waals surface area contributed by atoms with E-state index in [1.807, 2.05) is 0 Å². The molecule has 122 valence electrons. The van der Waals surface area contributed by atoms with Crippen LogP contribution in [-0.2, 0) is 9.53 Å². The normalized spacial score (nSPS) is 22.3. The zero-order valence-corrected chi connectivity index (χ0v) is 13.5. The summed E-state index contributed by atoms with van der Waals surface area (Å²) in [5, 5.41) is 2.85. The van der Waals surface area contributed by atoms with Crippen LogP contribution in [0.4, 0.5) is 11.4 Å². The van der Waals surface area contributed by atoms with Crippen molar-refractivity contribution in [3.05, 3.63) is 18.2 Å². The number of amides is 1. The summed E-state index contributed by atoms with van der Waals surface area (Å²) in [6.07, 6.45) is 0.860. The Morgan fingerprint density at radius 1 is 1.41 bits per heavy atom. The molecule has 6 nitrogen and oxygen atoms in total. The van der Waals surface area contributed by atoms with Crippen molar-refractivity contribution in [2.45, 2.75) is 32.5 Å². The van der Waals surface area contributed by atoms with E-state index in [2.05, 4.69) is 24.1 Å². The molecule has 0 aliphatic carbocycles. The molecule has 6 heteroatoms. The summed E-state index contributed by atoms with van der Waals surface area (Å²) in [6.45, 7) is 6.56. The number of benzene rings is 1. The topological polar surface area (TPSA) is 76.8 Å². The van der Waals surface area contributed by atoms with Gasteiger partial charge in [-0.15, -0.1) is 0 Å². The van der Waals surface area contributed by atoms with Crippen molar-refractivity contribution in [1.82, 2.24) is 4.90 Å². The van der Waals surface area contributed by atoms with Crippen LogP contribution in [0.15, 0.2) is 18.2 Å². The van der Waals surface area contributed by atoms with Crippen molar-refractivity contribution in [3.8, 4) is 5.75 Å². The van der Waals surface area contributed by atoms with Crippen LogP contribution in [0.1, 0.15) is 20.3 Å². The van der Waals surface area contributed by atoms with E-state index < -0.39 is 0 Å². The summed E-state index contributed by atoms with van der Waals surface area (Å²) >= 11 is 0. The van der Waals surface area contributed by atoms with Crippen molar-refractivity contribution in [3.63, 3.8) is 0 Å². The molecular formula is C16H25N3O3. The Balaban J connectivity index is 1.83. The number of nitrogens with one attached hydrogen (secondary N) is 1. The molecule has 1 heterocycles. The Kier molecular flexibility index (Phi) is 5.63. The molecule has 0 radical (unpaired) electrons. The van der Waals surface area contributed by atoms with Gasteiger partial charge in [0.25, 0.3) is 0 Å². The number of nitrogen functional groups attached to an aromatic ring is 1. The first kappa shape index (κ1) is 16.6. The number of carbonyl (C=O) groups is 1. The van der Waals surface area contributed by atoms with Crippen molar-refractivity contribution < 1.29 is 14.3 Å². The molecule has 22 heavy (non-hydrogen) atoms. The number of nitrogens with two attached hydrogens (primary N) is 1. The van der Waals surface area contributed by atoms with Gasteiger partial charge in [0.2, 0.25) is 5.91 Å². The molecule has 1 aromatic rings. The van der Waals surface area contributed by atoms with Gasteiger partial charge in [0.05, 0.1) is 30.7 Å². The van der Waals surface area contributed by atoms with Crippen LogP contribution in [0, 0.1) is 0 Å². The SMILES string of the molecule is COc1ccc(NC(=O)CCN2CC(C)OC(C)C2)c(N)c1. The van der Waals surface area contributed by atoms with Gasteiger partial charge < -0.3 is 20.5 Å². The molecule has 0 bridgehead atoms. The standard InChI is InChI=1S/C16H25N3O3/c1-11-9-19(10-12(2)22-11)7-6-16(20)18-15-5-4-13(21-3)8-14(15)17/h4-5,8,11-12H,6-7,9-10,17H2,1-3H3,(H,18,20). The van der Waals surface area contributed by atoms with Crippen LogP contribution in [0.25, 0.3) is 0 Å². The van der Waals surface area contributed by atoms with Gasteiger partial charge >= 0.3 is 0 Å². The van der Waals surface area contributed by atoms with Crippen LogP contribution >= 0.6 is 0 Å². The van der Waals surface area contributed by atoms with E-state index in [1.165, 1.54) is 0 Å². The molecule has 0 aromatic heterocycles. The highest BCUT2D eigenvalue weighted by atomic mass is 16.5. The predicted octanol–water partition coefficient (Wildman–Crippen LogP) is 1.72. The van der Waals surface area contributed by atoms with Gasteiger partial charge in [-0.25, -0.2) is 0 Å². The second-order valence-electron chi connectivity index (χ2n) is 5.77. The molecule has 1 aromatic carbocycles. The number of ether oxygens (including phenoxy) is 2. The molecule has 1 fully saturated rings. The van der Waals surface area contributed by atoms with E-state index >= 15 is 0 Å². The molecule has 2 unspecified atom stereocenters.